The van der Waals surface area contributed by atoms with Crippen molar-refractivity contribution in [1.82, 2.24) is 4.90 Å². The van der Waals surface area contributed by atoms with Gasteiger partial charge in [-0.2, -0.15) is 0 Å². The van der Waals surface area contributed by atoms with E-state index in [2.05, 4.69) is 32.8 Å². The summed E-state index contributed by atoms with van der Waals surface area (Å²) in [4.78, 5) is 2.26. The number of hydrogen-bond donors (Lipinski definition) is 0. The number of nitrogens with zero attached hydrogens (tertiary/aromatic N) is 2. The number of hydrogen-bond acceptors (Lipinski definition) is 3. The molecule has 0 saturated heterocycles. The molecule has 4 heteroatoms. The van der Waals surface area contributed by atoms with Crippen LogP contribution in [0.5, 0.6) is 0 Å². The normalized spacial score (nSPS) is 12.3. The number of quaternary nitrogens is 1. The summed E-state index contributed by atoms with van der Waals surface area (Å²) in [6.45, 7) is 15.4. The summed E-state index contributed by atoms with van der Waals surface area (Å²) in [5.74, 6) is 0. The number of rotatable bonds is 12. The van der Waals surface area contributed by atoms with Gasteiger partial charge in [-0.15, -0.1) is 0 Å². The monoisotopic (exact) mass is 261 g/mol. The molecule has 0 aromatic rings. The second-order valence-electron chi connectivity index (χ2n) is 5.03. The molecule has 4 nitrogen and oxygen atoms in total. The lowest BCUT2D eigenvalue weighted by molar-refractivity contribution is -0.924. The first-order valence-corrected chi connectivity index (χ1v) is 7.25. The van der Waals surface area contributed by atoms with Crippen LogP contribution in [0.4, 0.5) is 0 Å². The maximum atomic E-state index is 5.65. The van der Waals surface area contributed by atoms with Crippen LogP contribution in [0.25, 0.3) is 0 Å². The molecule has 0 spiro atoms. The van der Waals surface area contributed by atoms with Crippen LogP contribution in [0.15, 0.2) is 0 Å². The quantitative estimate of drug-likeness (QED) is 0.392. The van der Waals surface area contributed by atoms with E-state index in [0.717, 1.165) is 37.4 Å². The first kappa shape index (κ1) is 17.8. The maximum absolute atomic E-state index is 5.65. The molecule has 0 aromatic heterocycles. The van der Waals surface area contributed by atoms with Crippen LogP contribution in [0.2, 0.25) is 0 Å². The van der Waals surface area contributed by atoms with E-state index < -0.39 is 0 Å². The van der Waals surface area contributed by atoms with Crippen LogP contribution in [-0.2, 0) is 9.47 Å². The van der Waals surface area contributed by atoms with E-state index in [9.17, 15) is 0 Å². The fraction of sp³-hybridized carbons (Fsp3) is 1.00. The molecule has 0 aliphatic heterocycles. The molecule has 0 N–H and O–H groups in total. The highest BCUT2D eigenvalue weighted by molar-refractivity contribution is 4.46. The minimum absolute atomic E-state index is 0.715. The molecule has 0 aromatic carbocycles. The van der Waals surface area contributed by atoms with Gasteiger partial charge >= 0.3 is 0 Å². The molecule has 0 bridgehead atoms. The van der Waals surface area contributed by atoms with E-state index in [1.165, 1.54) is 19.6 Å². The molecule has 0 aliphatic carbocycles. The second kappa shape index (κ2) is 10.7. The fourth-order valence-electron chi connectivity index (χ4n) is 2.00. The van der Waals surface area contributed by atoms with Crippen LogP contribution in [0.1, 0.15) is 20.8 Å². The molecule has 0 fully saturated rings. The zero-order valence-corrected chi connectivity index (χ0v) is 13.1. The van der Waals surface area contributed by atoms with Gasteiger partial charge in [0.1, 0.15) is 6.54 Å². The van der Waals surface area contributed by atoms with Crippen molar-refractivity contribution in [1.29, 1.82) is 0 Å². The van der Waals surface area contributed by atoms with Crippen LogP contribution in [-0.4, -0.2) is 82.6 Å². The Labute approximate surface area is 113 Å². The van der Waals surface area contributed by atoms with Crippen LogP contribution < -0.4 is 0 Å². The summed E-state index contributed by atoms with van der Waals surface area (Å²) in [5, 5.41) is 0. The maximum Gasteiger partial charge on any atom is 0.102 e. The average molecular weight is 261 g/mol. The smallest absolute Gasteiger partial charge is 0.102 e. The van der Waals surface area contributed by atoms with Gasteiger partial charge < -0.3 is 18.9 Å². The third-order valence-corrected chi connectivity index (χ3v) is 3.65. The Hall–Kier alpha value is -0.160. The SMILES string of the molecule is CCOCCOCC[N+](CC)(CC)CCN(C)C. The Balaban J connectivity index is 3.87. The summed E-state index contributed by atoms with van der Waals surface area (Å²) >= 11 is 0. The van der Waals surface area contributed by atoms with Crippen molar-refractivity contribution in [2.24, 2.45) is 0 Å². The number of likely N-dealkylation sites (N-methyl/N-ethyl adjacent to an activating group) is 2. The van der Waals surface area contributed by atoms with Crippen molar-refractivity contribution in [3.63, 3.8) is 0 Å². The lowest BCUT2D eigenvalue weighted by atomic mass is 10.3. The van der Waals surface area contributed by atoms with Gasteiger partial charge in [0.2, 0.25) is 0 Å². The molecule has 110 valence electrons. The molecule has 18 heavy (non-hydrogen) atoms. The third-order valence-electron chi connectivity index (χ3n) is 3.65. The van der Waals surface area contributed by atoms with Crippen molar-refractivity contribution in [3.8, 4) is 0 Å². The van der Waals surface area contributed by atoms with Crippen molar-refractivity contribution >= 4 is 0 Å². The first-order valence-electron chi connectivity index (χ1n) is 7.25. The summed E-state index contributed by atoms with van der Waals surface area (Å²) in [7, 11) is 4.27. The van der Waals surface area contributed by atoms with E-state index in [1.807, 2.05) is 6.92 Å². The Bertz CT molecular complexity index is 183. The fourth-order valence-corrected chi connectivity index (χ4v) is 2.00. The molecule has 0 atom stereocenters. The Morgan fingerprint density at radius 2 is 1.44 bits per heavy atom. The molecule has 0 rings (SSSR count). The minimum atomic E-state index is 0.715. The van der Waals surface area contributed by atoms with E-state index in [0.29, 0.717) is 6.61 Å². The predicted molar refractivity (Wildman–Crippen MR) is 76.9 cm³/mol. The zero-order chi connectivity index (χ0) is 13.9. The Morgan fingerprint density at radius 1 is 0.833 bits per heavy atom. The van der Waals surface area contributed by atoms with E-state index >= 15 is 0 Å². The van der Waals surface area contributed by atoms with E-state index in [4.69, 9.17) is 9.47 Å². The molecule has 0 unspecified atom stereocenters. The first-order chi connectivity index (χ1) is 8.60. The van der Waals surface area contributed by atoms with Crippen LogP contribution in [0.3, 0.4) is 0 Å². The molecule has 0 amide bonds. The third kappa shape index (κ3) is 8.03. The van der Waals surface area contributed by atoms with Gasteiger partial charge in [0.15, 0.2) is 0 Å². The highest BCUT2D eigenvalue weighted by atomic mass is 16.5. The molecule has 0 aliphatic rings. The molecular formula is C14H33N2O2+. The van der Waals surface area contributed by atoms with Crippen molar-refractivity contribution in [3.05, 3.63) is 0 Å². The summed E-state index contributed by atoms with van der Waals surface area (Å²) in [6, 6.07) is 0. The standard InChI is InChI=1S/C14H33N2O2/c1-6-16(7-2,10-9-15(4)5)11-12-18-14-13-17-8-3/h6-14H2,1-5H3/q+1. The van der Waals surface area contributed by atoms with Gasteiger partial charge in [-0.25, -0.2) is 0 Å². The van der Waals surface area contributed by atoms with Gasteiger partial charge in [-0.05, 0) is 34.9 Å². The van der Waals surface area contributed by atoms with Gasteiger partial charge in [-0.1, -0.05) is 0 Å². The van der Waals surface area contributed by atoms with Crippen molar-refractivity contribution in [2.45, 2.75) is 20.8 Å². The molecule has 0 heterocycles. The highest BCUT2D eigenvalue weighted by Crippen LogP contribution is 2.06. The summed E-state index contributed by atoms with van der Waals surface area (Å²) in [5.41, 5.74) is 0. The zero-order valence-electron chi connectivity index (χ0n) is 13.1. The van der Waals surface area contributed by atoms with E-state index in [-0.39, 0.29) is 0 Å². The van der Waals surface area contributed by atoms with Crippen LogP contribution in [0, 0.1) is 0 Å². The van der Waals surface area contributed by atoms with Gasteiger partial charge in [0, 0.05) is 13.2 Å². The predicted octanol–water partition coefficient (Wildman–Crippen LogP) is 1.46. The van der Waals surface area contributed by atoms with Crippen molar-refractivity contribution in [2.75, 3.05) is 73.2 Å². The highest BCUT2D eigenvalue weighted by Gasteiger charge is 2.22. The molecule has 0 saturated carbocycles. The Kier molecular flexibility index (Phi) is 10.6. The summed E-state index contributed by atoms with van der Waals surface area (Å²) < 4.78 is 12.1. The average Bonchev–Trinajstić information content (AvgIpc) is 2.37. The molecular weight excluding hydrogens is 228 g/mol. The minimum Gasteiger partial charge on any atom is -0.379 e. The molecule has 0 radical (unpaired) electrons. The van der Waals surface area contributed by atoms with Crippen LogP contribution >= 0.6 is 0 Å². The second-order valence-corrected chi connectivity index (χ2v) is 5.03. The van der Waals surface area contributed by atoms with Crippen molar-refractivity contribution < 1.29 is 14.0 Å². The Morgan fingerprint density at radius 3 is 1.94 bits per heavy atom. The van der Waals surface area contributed by atoms with Gasteiger partial charge in [0.25, 0.3) is 0 Å². The lowest BCUT2D eigenvalue weighted by Gasteiger charge is -2.37. The van der Waals surface area contributed by atoms with E-state index in [1.54, 1.807) is 0 Å². The number of ether oxygens (including phenoxy) is 2. The topological polar surface area (TPSA) is 21.7 Å². The summed E-state index contributed by atoms with van der Waals surface area (Å²) in [6.07, 6.45) is 0. The largest absolute Gasteiger partial charge is 0.379 e. The van der Waals surface area contributed by atoms with Gasteiger partial charge in [0.05, 0.1) is 39.5 Å². The van der Waals surface area contributed by atoms with Gasteiger partial charge in [-0.3, -0.25) is 0 Å². The lowest BCUT2D eigenvalue weighted by Crippen LogP contribution is -2.52.